The highest BCUT2D eigenvalue weighted by Crippen LogP contribution is 2.43. The second-order valence-corrected chi connectivity index (χ2v) is 6.09. The Morgan fingerprint density at radius 2 is 2.21 bits per heavy atom. The van der Waals surface area contributed by atoms with Crippen molar-refractivity contribution in [3.05, 3.63) is 29.3 Å². The molecule has 1 N–H and O–H groups in total. The zero-order chi connectivity index (χ0) is 13.2. The molecule has 1 aliphatic heterocycles. The van der Waals surface area contributed by atoms with E-state index in [1.807, 2.05) is 0 Å². The van der Waals surface area contributed by atoms with Gasteiger partial charge in [0.2, 0.25) is 0 Å². The van der Waals surface area contributed by atoms with Crippen LogP contribution in [0.2, 0.25) is 0 Å². The smallest absolute Gasteiger partial charge is 0.122 e. The van der Waals surface area contributed by atoms with E-state index in [4.69, 9.17) is 4.74 Å². The van der Waals surface area contributed by atoms with Crippen molar-refractivity contribution in [2.75, 3.05) is 13.2 Å². The molecule has 104 valence electrons. The molecule has 1 aliphatic carbocycles. The van der Waals surface area contributed by atoms with Gasteiger partial charge in [-0.1, -0.05) is 26.0 Å². The first-order valence-electron chi connectivity index (χ1n) is 7.78. The molecule has 2 heteroatoms. The summed E-state index contributed by atoms with van der Waals surface area (Å²) in [6.07, 6.45) is 5.10. The highest BCUT2D eigenvalue weighted by atomic mass is 16.5. The van der Waals surface area contributed by atoms with Crippen molar-refractivity contribution in [3.8, 4) is 5.75 Å². The number of fused-ring (bicyclic) bond motifs is 1. The first kappa shape index (κ1) is 13.0. The van der Waals surface area contributed by atoms with Gasteiger partial charge < -0.3 is 10.1 Å². The van der Waals surface area contributed by atoms with Gasteiger partial charge in [0, 0.05) is 12.5 Å². The monoisotopic (exact) mass is 259 g/mol. The minimum atomic E-state index is 0.512. The second-order valence-electron chi connectivity index (χ2n) is 6.09. The quantitative estimate of drug-likeness (QED) is 0.841. The maximum absolute atomic E-state index is 5.61. The fraction of sp³-hybridized carbons (Fsp3) is 0.647. The van der Waals surface area contributed by atoms with Gasteiger partial charge >= 0.3 is 0 Å². The lowest BCUT2D eigenvalue weighted by atomic mass is 9.89. The molecule has 3 rings (SSSR count). The first-order chi connectivity index (χ1) is 9.29. The second kappa shape index (κ2) is 5.54. The van der Waals surface area contributed by atoms with Gasteiger partial charge in [0.1, 0.15) is 5.75 Å². The predicted molar refractivity (Wildman–Crippen MR) is 78.6 cm³/mol. The van der Waals surface area contributed by atoms with Crippen molar-refractivity contribution in [1.29, 1.82) is 0 Å². The fourth-order valence-electron chi connectivity index (χ4n) is 3.20. The lowest BCUT2D eigenvalue weighted by Crippen LogP contribution is -2.28. The van der Waals surface area contributed by atoms with Gasteiger partial charge in [-0.05, 0) is 54.8 Å². The van der Waals surface area contributed by atoms with Crippen LogP contribution in [0, 0.1) is 11.8 Å². The third-order valence-corrected chi connectivity index (χ3v) is 4.58. The Balaban J connectivity index is 1.81. The Morgan fingerprint density at radius 3 is 2.95 bits per heavy atom. The predicted octanol–water partition coefficient (Wildman–Crippen LogP) is 3.71. The Hall–Kier alpha value is -1.02. The Bertz CT molecular complexity index is 439. The molecule has 1 aromatic carbocycles. The Labute approximate surface area is 116 Å². The van der Waals surface area contributed by atoms with Crippen LogP contribution in [0.3, 0.4) is 0 Å². The van der Waals surface area contributed by atoms with Gasteiger partial charge in [-0.2, -0.15) is 0 Å². The fourth-order valence-corrected chi connectivity index (χ4v) is 3.20. The lowest BCUT2D eigenvalue weighted by molar-refractivity contribution is 0.348. The molecular weight excluding hydrogens is 234 g/mol. The molecule has 2 nitrogen and oxygen atoms in total. The van der Waals surface area contributed by atoms with Gasteiger partial charge in [-0.15, -0.1) is 0 Å². The summed E-state index contributed by atoms with van der Waals surface area (Å²) in [5, 5.41) is 3.76. The standard InChI is InChI=1S/C17H25NO/c1-3-9-18-17(12(2)13-4-5-13)15-6-7-16-14(11-15)8-10-19-16/h6-7,11-13,17-18H,3-5,8-10H2,1-2H3. The maximum atomic E-state index is 5.61. The molecule has 2 atom stereocenters. The van der Waals surface area contributed by atoms with Gasteiger partial charge in [0.15, 0.2) is 0 Å². The van der Waals surface area contributed by atoms with E-state index >= 15 is 0 Å². The van der Waals surface area contributed by atoms with E-state index in [9.17, 15) is 0 Å². The zero-order valence-corrected chi connectivity index (χ0v) is 12.1. The number of hydrogen-bond donors (Lipinski definition) is 1. The van der Waals surface area contributed by atoms with Crippen molar-refractivity contribution in [2.24, 2.45) is 11.8 Å². The largest absolute Gasteiger partial charge is 0.493 e. The van der Waals surface area contributed by atoms with Crippen LogP contribution in [0.15, 0.2) is 18.2 Å². The molecule has 0 bridgehead atoms. The van der Waals surface area contributed by atoms with Crippen molar-refractivity contribution in [2.45, 2.75) is 45.6 Å². The summed E-state index contributed by atoms with van der Waals surface area (Å²) in [5.41, 5.74) is 2.85. The average Bonchev–Trinajstić information content (AvgIpc) is 3.17. The third kappa shape index (κ3) is 2.79. The van der Waals surface area contributed by atoms with Crippen LogP contribution < -0.4 is 10.1 Å². The number of nitrogens with one attached hydrogen (secondary N) is 1. The SMILES string of the molecule is CCCNC(c1ccc2c(c1)CCO2)C(C)C1CC1. The average molecular weight is 259 g/mol. The summed E-state index contributed by atoms with van der Waals surface area (Å²) in [7, 11) is 0. The third-order valence-electron chi connectivity index (χ3n) is 4.58. The summed E-state index contributed by atoms with van der Waals surface area (Å²) in [6.45, 7) is 6.61. The van der Waals surface area contributed by atoms with Crippen LogP contribution >= 0.6 is 0 Å². The minimum absolute atomic E-state index is 0.512. The normalized spacial score (nSPS) is 20.7. The van der Waals surface area contributed by atoms with E-state index in [0.717, 1.165) is 37.2 Å². The van der Waals surface area contributed by atoms with Gasteiger partial charge in [0.05, 0.1) is 6.61 Å². The van der Waals surface area contributed by atoms with Crippen molar-refractivity contribution >= 4 is 0 Å². The van der Waals surface area contributed by atoms with E-state index in [1.54, 1.807) is 0 Å². The van der Waals surface area contributed by atoms with E-state index in [-0.39, 0.29) is 0 Å². The van der Waals surface area contributed by atoms with Crippen LogP contribution in [0.4, 0.5) is 0 Å². The molecule has 19 heavy (non-hydrogen) atoms. The van der Waals surface area contributed by atoms with E-state index in [1.165, 1.54) is 30.4 Å². The molecule has 0 amide bonds. The number of rotatable bonds is 6. The highest BCUT2D eigenvalue weighted by molar-refractivity contribution is 5.41. The maximum Gasteiger partial charge on any atom is 0.122 e. The number of benzene rings is 1. The van der Waals surface area contributed by atoms with Crippen LogP contribution in [0.5, 0.6) is 5.75 Å². The summed E-state index contributed by atoms with van der Waals surface area (Å²) in [5.74, 6) is 2.77. The summed E-state index contributed by atoms with van der Waals surface area (Å²) >= 11 is 0. The van der Waals surface area contributed by atoms with Gasteiger partial charge in [0.25, 0.3) is 0 Å². The van der Waals surface area contributed by atoms with Crippen LogP contribution in [-0.4, -0.2) is 13.2 Å². The zero-order valence-electron chi connectivity index (χ0n) is 12.1. The molecule has 2 unspecified atom stereocenters. The van der Waals surface area contributed by atoms with E-state index in [0.29, 0.717) is 6.04 Å². The molecular formula is C17H25NO. The number of hydrogen-bond acceptors (Lipinski definition) is 2. The molecule has 0 saturated heterocycles. The molecule has 2 aliphatic rings. The molecule has 0 radical (unpaired) electrons. The van der Waals surface area contributed by atoms with Crippen LogP contribution in [0.1, 0.15) is 50.3 Å². The number of ether oxygens (including phenoxy) is 1. The molecule has 1 heterocycles. The molecule has 1 saturated carbocycles. The molecule has 0 aromatic heterocycles. The van der Waals surface area contributed by atoms with Crippen molar-refractivity contribution in [1.82, 2.24) is 5.32 Å². The Morgan fingerprint density at radius 1 is 1.37 bits per heavy atom. The van der Waals surface area contributed by atoms with Crippen molar-refractivity contribution < 1.29 is 4.74 Å². The first-order valence-corrected chi connectivity index (χ1v) is 7.78. The lowest BCUT2D eigenvalue weighted by Gasteiger charge is -2.26. The minimum Gasteiger partial charge on any atom is -0.493 e. The summed E-state index contributed by atoms with van der Waals surface area (Å²) in [4.78, 5) is 0. The van der Waals surface area contributed by atoms with Crippen molar-refractivity contribution in [3.63, 3.8) is 0 Å². The molecule has 0 spiro atoms. The topological polar surface area (TPSA) is 21.3 Å². The summed E-state index contributed by atoms with van der Waals surface area (Å²) < 4.78 is 5.61. The Kier molecular flexibility index (Phi) is 3.79. The molecule has 1 fully saturated rings. The van der Waals surface area contributed by atoms with Gasteiger partial charge in [-0.25, -0.2) is 0 Å². The summed E-state index contributed by atoms with van der Waals surface area (Å²) in [6, 6.07) is 7.31. The van der Waals surface area contributed by atoms with Gasteiger partial charge in [-0.3, -0.25) is 0 Å². The molecule has 1 aromatic rings. The van der Waals surface area contributed by atoms with E-state index < -0.39 is 0 Å². The highest BCUT2D eigenvalue weighted by Gasteiger charge is 2.34. The van der Waals surface area contributed by atoms with Crippen LogP contribution in [-0.2, 0) is 6.42 Å². The van der Waals surface area contributed by atoms with Crippen LogP contribution in [0.25, 0.3) is 0 Å². The van der Waals surface area contributed by atoms with E-state index in [2.05, 4.69) is 37.4 Å².